The van der Waals surface area contributed by atoms with Gasteiger partial charge in [0.2, 0.25) is 5.90 Å². The van der Waals surface area contributed by atoms with E-state index in [4.69, 9.17) is 4.74 Å². The van der Waals surface area contributed by atoms with Gasteiger partial charge >= 0.3 is 0 Å². The first kappa shape index (κ1) is 18.1. The monoisotopic (exact) mass is 364 g/mol. The van der Waals surface area contributed by atoms with E-state index in [0.717, 1.165) is 16.8 Å². The molecule has 0 unspecified atom stereocenters. The quantitative estimate of drug-likeness (QED) is 0.633. The Hall–Kier alpha value is -2.66. The fraction of sp³-hybridized carbons (Fsp3) is 0.238. The minimum absolute atomic E-state index is 0.107. The summed E-state index contributed by atoms with van der Waals surface area (Å²) in [6.45, 7) is 7.90. The summed E-state index contributed by atoms with van der Waals surface area (Å²) < 4.78 is 5.58. The van der Waals surface area contributed by atoms with Crippen molar-refractivity contribution in [2.75, 3.05) is 18.5 Å². The normalized spacial score (nSPS) is 14.6. The number of anilines is 1. The summed E-state index contributed by atoms with van der Waals surface area (Å²) in [4.78, 5) is 17.5. The molecule has 0 aromatic heterocycles. The number of rotatable bonds is 5. The molecular weight excluding hydrogens is 340 g/mol. The summed E-state index contributed by atoms with van der Waals surface area (Å²) in [5.41, 5.74) is 5.33. The van der Waals surface area contributed by atoms with E-state index in [-0.39, 0.29) is 5.91 Å². The van der Waals surface area contributed by atoms with Gasteiger partial charge in [-0.1, -0.05) is 67.8 Å². The zero-order chi connectivity index (χ0) is 18.6. The molecule has 3 rings (SSSR count). The largest absolute Gasteiger partial charge is 0.475 e. The SMILES string of the molecule is C[Si](C)(C)/C=C(/C(=O)Nc1ccccc1C1=NCCO1)c1ccccc1. The lowest BCUT2D eigenvalue weighted by Crippen LogP contribution is -2.22. The van der Waals surface area contributed by atoms with Gasteiger partial charge in [0, 0.05) is 5.57 Å². The molecule has 0 atom stereocenters. The molecule has 4 nitrogen and oxygen atoms in total. The number of carbonyl (C=O) groups excluding carboxylic acids is 1. The van der Waals surface area contributed by atoms with Crippen molar-refractivity contribution < 1.29 is 9.53 Å². The lowest BCUT2D eigenvalue weighted by molar-refractivity contribution is -0.111. The number of amides is 1. The minimum atomic E-state index is -1.59. The fourth-order valence-electron chi connectivity index (χ4n) is 2.80. The molecule has 0 bridgehead atoms. The standard InChI is InChI=1S/C21H24N2O2Si/c1-26(2,3)15-18(16-9-5-4-6-10-16)20(24)23-19-12-8-7-11-17(19)21-22-13-14-25-21/h4-12,15H,13-14H2,1-3H3,(H,23,24)/b18-15+. The Morgan fingerprint density at radius 3 is 2.42 bits per heavy atom. The van der Waals surface area contributed by atoms with Crippen molar-refractivity contribution in [1.82, 2.24) is 0 Å². The van der Waals surface area contributed by atoms with Gasteiger partial charge in [-0.15, -0.1) is 0 Å². The first-order valence-electron chi connectivity index (χ1n) is 8.80. The van der Waals surface area contributed by atoms with E-state index < -0.39 is 8.07 Å². The highest BCUT2D eigenvalue weighted by atomic mass is 28.3. The van der Waals surface area contributed by atoms with Crippen LogP contribution in [0.2, 0.25) is 19.6 Å². The maximum Gasteiger partial charge on any atom is 0.255 e. The van der Waals surface area contributed by atoms with Crippen molar-refractivity contribution in [2.45, 2.75) is 19.6 Å². The van der Waals surface area contributed by atoms with E-state index in [1.165, 1.54) is 0 Å². The van der Waals surface area contributed by atoms with Crippen LogP contribution in [0.25, 0.3) is 5.57 Å². The fourth-order valence-corrected chi connectivity index (χ4v) is 3.96. The average Bonchev–Trinajstić information content (AvgIpc) is 3.14. The van der Waals surface area contributed by atoms with Gasteiger partial charge in [-0.25, -0.2) is 4.99 Å². The number of hydrogen-bond donors (Lipinski definition) is 1. The van der Waals surface area contributed by atoms with Gasteiger partial charge in [0.05, 0.1) is 25.9 Å². The number of ether oxygens (including phenoxy) is 1. The maximum absolute atomic E-state index is 13.1. The van der Waals surface area contributed by atoms with Crippen LogP contribution in [0.4, 0.5) is 5.69 Å². The van der Waals surface area contributed by atoms with E-state index in [9.17, 15) is 4.79 Å². The van der Waals surface area contributed by atoms with Crippen molar-refractivity contribution in [1.29, 1.82) is 0 Å². The molecular formula is C21H24N2O2Si. The third-order valence-electron chi connectivity index (χ3n) is 3.90. The Labute approximate surface area is 155 Å². The molecule has 26 heavy (non-hydrogen) atoms. The molecule has 0 fully saturated rings. The molecule has 1 aliphatic heterocycles. The second-order valence-corrected chi connectivity index (χ2v) is 12.3. The van der Waals surface area contributed by atoms with Gasteiger partial charge in [0.25, 0.3) is 5.91 Å². The van der Waals surface area contributed by atoms with Crippen LogP contribution in [0.3, 0.4) is 0 Å². The van der Waals surface area contributed by atoms with E-state index in [2.05, 4.69) is 35.6 Å². The molecule has 134 valence electrons. The second kappa shape index (κ2) is 7.70. The topological polar surface area (TPSA) is 50.7 Å². The molecule has 0 saturated heterocycles. The smallest absolute Gasteiger partial charge is 0.255 e. The highest BCUT2D eigenvalue weighted by Crippen LogP contribution is 2.23. The summed E-state index contributed by atoms with van der Waals surface area (Å²) in [7, 11) is -1.59. The number of nitrogens with one attached hydrogen (secondary N) is 1. The molecule has 1 aliphatic rings. The number of para-hydroxylation sites is 1. The van der Waals surface area contributed by atoms with Crippen LogP contribution in [0, 0.1) is 0 Å². The van der Waals surface area contributed by atoms with Crippen molar-refractivity contribution in [3.05, 3.63) is 71.4 Å². The number of nitrogens with zero attached hydrogens (tertiary/aromatic N) is 1. The van der Waals surface area contributed by atoms with Crippen LogP contribution >= 0.6 is 0 Å². The first-order chi connectivity index (χ1) is 12.4. The third kappa shape index (κ3) is 4.49. The van der Waals surface area contributed by atoms with Crippen molar-refractivity contribution in [3.8, 4) is 0 Å². The van der Waals surface area contributed by atoms with Gasteiger partial charge in [-0.05, 0) is 17.7 Å². The molecule has 1 amide bonds. The molecule has 1 heterocycles. The predicted molar refractivity (Wildman–Crippen MR) is 110 cm³/mol. The van der Waals surface area contributed by atoms with Crippen LogP contribution in [0.15, 0.2) is 65.3 Å². The third-order valence-corrected chi connectivity index (χ3v) is 5.05. The molecule has 0 radical (unpaired) electrons. The van der Waals surface area contributed by atoms with E-state index in [1.807, 2.05) is 54.6 Å². The lowest BCUT2D eigenvalue weighted by atomic mass is 10.1. The molecule has 0 spiro atoms. The lowest BCUT2D eigenvalue weighted by Gasteiger charge is -2.16. The Morgan fingerprint density at radius 2 is 1.77 bits per heavy atom. The summed E-state index contributed by atoms with van der Waals surface area (Å²) in [5, 5.41) is 3.06. The molecule has 5 heteroatoms. The van der Waals surface area contributed by atoms with Crippen molar-refractivity contribution in [2.24, 2.45) is 4.99 Å². The van der Waals surface area contributed by atoms with E-state index in [1.54, 1.807) is 0 Å². The van der Waals surface area contributed by atoms with Gasteiger partial charge in [0.15, 0.2) is 0 Å². The number of hydrogen-bond acceptors (Lipinski definition) is 3. The van der Waals surface area contributed by atoms with Gasteiger partial charge < -0.3 is 10.1 Å². The zero-order valence-electron chi connectivity index (χ0n) is 15.5. The number of aliphatic imine (C=N–C) groups is 1. The van der Waals surface area contributed by atoms with Crippen LogP contribution in [0.1, 0.15) is 11.1 Å². The molecule has 2 aromatic carbocycles. The first-order valence-corrected chi connectivity index (χ1v) is 12.4. The molecule has 2 aromatic rings. The summed E-state index contributed by atoms with van der Waals surface area (Å²) in [6.07, 6.45) is 0. The van der Waals surface area contributed by atoms with Crippen LogP contribution in [-0.4, -0.2) is 33.0 Å². The second-order valence-electron chi connectivity index (χ2n) is 7.33. The van der Waals surface area contributed by atoms with Gasteiger partial charge in [0.1, 0.15) is 6.61 Å². The molecule has 1 N–H and O–H groups in total. The van der Waals surface area contributed by atoms with Crippen LogP contribution < -0.4 is 5.32 Å². The molecule has 0 aliphatic carbocycles. The van der Waals surface area contributed by atoms with Crippen LogP contribution in [0.5, 0.6) is 0 Å². The highest BCUT2D eigenvalue weighted by Gasteiger charge is 2.20. The Kier molecular flexibility index (Phi) is 5.37. The van der Waals surface area contributed by atoms with E-state index in [0.29, 0.717) is 24.6 Å². The van der Waals surface area contributed by atoms with Gasteiger partial charge in [-0.2, -0.15) is 0 Å². The Morgan fingerprint density at radius 1 is 1.08 bits per heavy atom. The number of carbonyl (C=O) groups is 1. The Balaban J connectivity index is 1.94. The number of benzene rings is 2. The summed E-state index contributed by atoms with van der Waals surface area (Å²) >= 11 is 0. The van der Waals surface area contributed by atoms with Crippen molar-refractivity contribution >= 4 is 31.1 Å². The van der Waals surface area contributed by atoms with Crippen LogP contribution in [-0.2, 0) is 9.53 Å². The average molecular weight is 365 g/mol. The summed E-state index contributed by atoms with van der Waals surface area (Å²) in [5.74, 6) is 0.487. The molecule has 0 saturated carbocycles. The van der Waals surface area contributed by atoms with Crippen molar-refractivity contribution in [3.63, 3.8) is 0 Å². The van der Waals surface area contributed by atoms with Gasteiger partial charge in [-0.3, -0.25) is 4.79 Å². The summed E-state index contributed by atoms with van der Waals surface area (Å²) in [6, 6.07) is 17.4. The minimum Gasteiger partial charge on any atom is -0.475 e. The highest BCUT2D eigenvalue weighted by molar-refractivity contribution is 6.82. The zero-order valence-corrected chi connectivity index (χ0v) is 16.5. The van der Waals surface area contributed by atoms with E-state index >= 15 is 0 Å². The predicted octanol–water partition coefficient (Wildman–Crippen LogP) is 4.36. The Bertz CT molecular complexity index is 852. The maximum atomic E-state index is 13.1.